The van der Waals surface area contributed by atoms with Crippen LogP contribution < -0.4 is 10.1 Å². The van der Waals surface area contributed by atoms with E-state index < -0.39 is 24.0 Å². The number of benzene rings is 3. The molecule has 45 heavy (non-hydrogen) atoms. The number of nitrogens with one attached hydrogen (secondary N) is 1. The summed E-state index contributed by atoms with van der Waals surface area (Å²) in [5.74, 6) is -0.615. The number of nitrogens with zero attached hydrogens (tertiary/aromatic N) is 1. The molecule has 0 bridgehead atoms. The Balaban J connectivity index is 1.87. The zero-order chi connectivity index (χ0) is 32.5. The van der Waals surface area contributed by atoms with Gasteiger partial charge in [0.2, 0.25) is 0 Å². The maximum absolute atomic E-state index is 14.2. The lowest BCUT2D eigenvalue weighted by Crippen LogP contribution is -2.27. The zero-order valence-electron chi connectivity index (χ0n) is 25.9. The Bertz CT molecular complexity index is 1630. The first-order chi connectivity index (χ1) is 21.6. The first kappa shape index (κ1) is 33.2. The number of esters is 1. The summed E-state index contributed by atoms with van der Waals surface area (Å²) in [7, 11) is 2.82. The first-order valence-electron chi connectivity index (χ1n) is 14.7. The zero-order valence-corrected chi connectivity index (χ0v) is 25.9. The van der Waals surface area contributed by atoms with E-state index >= 15 is 0 Å². The smallest absolute Gasteiger partial charge is 0.308 e. The molecule has 2 atom stereocenters. The van der Waals surface area contributed by atoms with Crippen molar-refractivity contribution in [3.63, 3.8) is 0 Å². The number of carbonyl (C=O) groups is 2. The van der Waals surface area contributed by atoms with E-state index in [0.29, 0.717) is 33.8 Å². The van der Waals surface area contributed by atoms with Crippen LogP contribution in [0.25, 0.3) is 28.3 Å². The van der Waals surface area contributed by atoms with Gasteiger partial charge in [-0.3, -0.25) is 9.59 Å². The summed E-state index contributed by atoms with van der Waals surface area (Å²) in [6.45, 7) is 4.16. The van der Waals surface area contributed by atoms with Gasteiger partial charge in [-0.25, -0.2) is 4.39 Å². The van der Waals surface area contributed by atoms with Crippen LogP contribution in [0.1, 0.15) is 54.5 Å². The summed E-state index contributed by atoms with van der Waals surface area (Å²) in [6.07, 6.45) is 0.670. The molecule has 0 aliphatic carbocycles. The van der Waals surface area contributed by atoms with E-state index in [9.17, 15) is 24.2 Å². The Morgan fingerprint density at radius 3 is 2.27 bits per heavy atom. The van der Waals surface area contributed by atoms with E-state index in [1.165, 1.54) is 25.3 Å². The van der Waals surface area contributed by atoms with Crippen LogP contribution in [0.4, 0.5) is 4.39 Å². The van der Waals surface area contributed by atoms with Crippen molar-refractivity contribution in [2.24, 2.45) is 0 Å². The van der Waals surface area contributed by atoms with Crippen molar-refractivity contribution >= 4 is 18.0 Å². The third-order valence-electron chi connectivity index (χ3n) is 7.38. The van der Waals surface area contributed by atoms with Crippen molar-refractivity contribution in [2.45, 2.75) is 51.5 Å². The molecule has 8 nitrogen and oxygen atoms in total. The predicted octanol–water partition coefficient (Wildman–Crippen LogP) is 6.17. The van der Waals surface area contributed by atoms with Gasteiger partial charge in [-0.1, -0.05) is 60.7 Å². The number of aliphatic hydroxyl groups excluding tert-OH is 2. The second-order valence-corrected chi connectivity index (χ2v) is 11.0. The Kier molecular flexibility index (Phi) is 11.3. The molecular weight excluding hydrogens is 575 g/mol. The van der Waals surface area contributed by atoms with Crippen LogP contribution in [0.5, 0.6) is 5.75 Å². The molecular formula is C36H39FN2O6. The van der Waals surface area contributed by atoms with Crippen LogP contribution in [0.3, 0.4) is 0 Å². The fraction of sp³-hybridized carbons (Fsp3) is 0.278. The molecule has 0 unspecified atom stereocenters. The summed E-state index contributed by atoms with van der Waals surface area (Å²) in [5, 5.41) is 24.1. The number of methoxy groups -OCH3 is 2. The number of hydrogen-bond acceptors (Lipinski definition) is 6. The van der Waals surface area contributed by atoms with Crippen molar-refractivity contribution in [3.8, 4) is 28.0 Å². The molecule has 9 heteroatoms. The van der Waals surface area contributed by atoms with Gasteiger partial charge >= 0.3 is 5.97 Å². The van der Waals surface area contributed by atoms with E-state index in [-0.39, 0.29) is 31.3 Å². The molecule has 0 fully saturated rings. The molecule has 3 N–H and O–H groups in total. The molecule has 236 valence electrons. The topological polar surface area (TPSA) is 110 Å². The highest BCUT2D eigenvalue weighted by molar-refractivity contribution is 6.06. The van der Waals surface area contributed by atoms with Crippen LogP contribution >= 0.6 is 0 Å². The number of aromatic nitrogens is 1. The van der Waals surface area contributed by atoms with Gasteiger partial charge in [-0.05, 0) is 60.9 Å². The van der Waals surface area contributed by atoms with Gasteiger partial charge in [-0.15, -0.1) is 0 Å². The molecule has 0 aliphatic heterocycles. The van der Waals surface area contributed by atoms with Crippen molar-refractivity contribution in [1.82, 2.24) is 9.88 Å². The van der Waals surface area contributed by atoms with E-state index in [1.807, 2.05) is 73.0 Å². The normalized spacial score (nSPS) is 12.7. The van der Waals surface area contributed by atoms with Crippen molar-refractivity contribution in [3.05, 3.63) is 108 Å². The lowest BCUT2D eigenvalue weighted by molar-refractivity contribution is -0.143. The maximum atomic E-state index is 14.2. The fourth-order valence-electron chi connectivity index (χ4n) is 5.29. The van der Waals surface area contributed by atoms with Crippen LogP contribution in [-0.2, 0) is 16.1 Å². The van der Waals surface area contributed by atoms with Crippen LogP contribution in [0.2, 0.25) is 0 Å². The molecule has 1 aromatic heterocycles. The second kappa shape index (κ2) is 15.3. The highest BCUT2D eigenvalue weighted by atomic mass is 19.1. The summed E-state index contributed by atoms with van der Waals surface area (Å²) in [4.78, 5) is 25.8. The van der Waals surface area contributed by atoms with Crippen molar-refractivity contribution < 1.29 is 33.7 Å². The molecule has 3 aromatic carbocycles. The third kappa shape index (κ3) is 8.26. The molecule has 1 amide bonds. The summed E-state index contributed by atoms with van der Waals surface area (Å²) < 4.78 is 25.9. The molecule has 4 aromatic rings. The van der Waals surface area contributed by atoms with Crippen molar-refractivity contribution in [1.29, 1.82) is 0 Å². The molecule has 4 rings (SSSR count). The third-order valence-corrected chi connectivity index (χ3v) is 7.38. The van der Waals surface area contributed by atoms with Gasteiger partial charge < -0.3 is 29.6 Å². The van der Waals surface area contributed by atoms with Gasteiger partial charge in [0.1, 0.15) is 17.3 Å². The first-order valence-corrected chi connectivity index (χ1v) is 14.7. The van der Waals surface area contributed by atoms with E-state index in [0.717, 1.165) is 11.1 Å². The quantitative estimate of drug-likeness (QED) is 0.156. The standard InChI is InChI=1S/C36H39FN2O6/c1-23(2)39-31(18-17-28(40)20-29(41)21-32(42)45-4)33(26-13-15-27(37)16-14-26)34(25-10-6-5-7-11-25)35(39)36(43)38-22-24-9-8-12-30(19-24)44-3/h5-19,23,28-29,40-41H,20-22H2,1-4H3,(H,38,43)/b18-17+/t28-,29-/m1/s1. The second-order valence-electron chi connectivity index (χ2n) is 11.0. The highest BCUT2D eigenvalue weighted by Gasteiger charge is 2.29. The minimum Gasteiger partial charge on any atom is -0.497 e. The van der Waals surface area contributed by atoms with Gasteiger partial charge in [-0.2, -0.15) is 0 Å². The molecule has 0 aliphatic rings. The minimum atomic E-state index is -1.11. The SMILES string of the molecule is COC(=O)C[C@H](O)C[C@H](O)/C=C/c1c(-c2ccc(F)cc2)c(-c2ccccc2)c(C(=O)NCc2cccc(OC)c2)n1C(C)C. The minimum absolute atomic E-state index is 0.0979. The van der Waals surface area contributed by atoms with Gasteiger partial charge in [0.25, 0.3) is 5.91 Å². The van der Waals surface area contributed by atoms with E-state index in [4.69, 9.17) is 4.74 Å². The average Bonchev–Trinajstić information content (AvgIpc) is 3.39. The summed E-state index contributed by atoms with van der Waals surface area (Å²) in [5.41, 5.74) is 4.67. The number of amides is 1. The number of carbonyl (C=O) groups excluding carboxylic acids is 2. The molecule has 0 saturated carbocycles. The fourth-order valence-corrected chi connectivity index (χ4v) is 5.29. The van der Waals surface area contributed by atoms with Crippen LogP contribution in [0, 0.1) is 5.82 Å². The largest absolute Gasteiger partial charge is 0.497 e. The van der Waals surface area contributed by atoms with Gasteiger partial charge in [0.15, 0.2) is 0 Å². The monoisotopic (exact) mass is 614 g/mol. The number of hydrogen-bond donors (Lipinski definition) is 3. The molecule has 0 radical (unpaired) electrons. The van der Waals surface area contributed by atoms with Gasteiger partial charge in [0.05, 0.1) is 32.8 Å². The predicted molar refractivity (Wildman–Crippen MR) is 172 cm³/mol. The lowest BCUT2D eigenvalue weighted by atomic mass is 9.94. The van der Waals surface area contributed by atoms with E-state index in [2.05, 4.69) is 10.1 Å². The van der Waals surface area contributed by atoms with Crippen molar-refractivity contribution in [2.75, 3.05) is 14.2 Å². The lowest BCUT2D eigenvalue weighted by Gasteiger charge is -2.17. The molecule has 0 saturated heterocycles. The highest BCUT2D eigenvalue weighted by Crippen LogP contribution is 2.42. The molecule has 0 spiro atoms. The number of rotatable bonds is 13. The Morgan fingerprint density at radius 2 is 1.62 bits per heavy atom. The summed E-state index contributed by atoms with van der Waals surface area (Å²) in [6, 6.07) is 22.8. The Labute approximate surface area is 262 Å². The average molecular weight is 615 g/mol. The number of aliphatic hydroxyl groups is 2. The van der Waals surface area contributed by atoms with Crippen LogP contribution in [0.15, 0.2) is 84.9 Å². The van der Waals surface area contributed by atoms with Crippen LogP contribution in [-0.4, -0.2) is 53.1 Å². The molecule has 1 heterocycles. The summed E-state index contributed by atoms with van der Waals surface area (Å²) >= 11 is 0. The van der Waals surface area contributed by atoms with E-state index in [1.54, 1.807) is 25.3 Å². The number of ether oxygens (including phenoxy) is 2. The van der Waals surface area contributed by atoms with Gasteiger partial charge in [0, 0.05) is 35.8 Å². The Hall–Kier alpha value is -4.73. The Morgan fingerprint density at radius 1 is 0.933 bits per heavy atom. The maximum Gasteiger partial charge on any atom is 0.308 e. The number of halogens is 1.